The van der Waals surface area contributed by atoms with Crippen molar-refractivity contribution in [3.63, 3.8) is 0 Å². The Morgan fingerprint density at radius 2 is 1.74 bits per heavy atom. The van der Waals surface area contributed by atoms with E-state index in [-0.39, 0.29) is 11.8 Å². The molecular formula is C30H31N3O5. The fourth-order valence-electron chi connectivity index (χ4n) is 5.20. The average Bonchev–Trinajstić information content (AvgIpc) is 3.53. The Morgan fingerprint density at radius 3 is 2.58 bits per heavy atom. The van der Waals surface area contributed by atoms with Gasteiger partial charge in [-0.05, 0) is 61.4 Å². The minimum atomic E-state index is 0.0126. The van der Waals surface area contributed by atoms with Crippen molar-refractivity contribution in [1.82, 2.24) is 9.55 Å². The second-order valence-corrected chi connectivity index (χ2v) is 9.57. The van der Waals surface area contributed by atoms with Crippen LogP contribution in [-0.4, -0.2) is 48.9 Å². The van der Waals surface area contributed by atoms with Gasteiger partial charge in [0.25, 0.3) is 0 Å². The summed E-state index contributed by atoms with van der Waals surface area (Å²) < 4.78 is 24.8. The van der Waals surface area contributed by atoms with Gasteiger partial charge in [-0.3, -0.25) is 4.79 Å². The third-order valence-electron chi connectivity index (χ3n) is 7.12. The van der Waals surface area contributed by atoms with Crippen LogP contribution in [0.3, 0.4) is 0 Å². The first kappa shape index (κ1) is 24.2. The van der Waals surface area contributed by atoms with Crippen molar-refractivity contribution in [2.24, 2.45) is 0 Å². The van der Waals surface area contributed by atoms with Crippen molar-refractivity contribution in [2.45, 2.75) is 31.7 Å². The van der Waals surface area contributed by atoms with E-state index in [0.29, 0.717) is 38.5 Å². The number of methoxy groups -OCH3 is 1. The van der Waals surface area contributed by atoms with Crippen molar-refractivity contribution >= 4 is 22.6 Å². The largest absolute Gasteiger partial charge is 0.497 e. The van der Waals surface area contributed by atoms with E-state index in [1.165, 1.54) is 0 Å². The van der Waals surface area contributed by atoms with Gasteiger partial charge in [-0.1, -0.05) is 12.1 Å². The number of aryl methyl sites for hydroxylation is 1. The zero-order valence-electron chi connectivity index (χ0n) is 21.5. The maximum Gasteiger partial charge on any atom is 0.227 e. The first-order valence-electron chi connectivity index (χ1n) is 13.1. The molecule has 0 bridgehead atoms. The molecule has 38 heavy (non-hydrogen) atoms. The van der Waals surface area contributed by atoms with Crippen molar-refractivity contribution < 1.29 is 23.7 Å². The molecule has 1 atom stereocenters. The van der Waals surface area contributed by atoms with Gasteiger partial charge in [0.15, 0.2) is 11.5 Å². The molecule has 1 aromatic heterocycles. The van der Waals surface area contributed by atoms with Crippen LogP contribution in [-0.2, 0) is 11.3 Å². The molecule has 1 unspecified atom stereocenters. The van der Waals surface area contributed by atoms with Crippen LogP contribution in [0.15, 0.2) is 66.7 Å². The summed E-state index contributed by atoms with van der Waals surface area (Å²) in [5.74, 6) is 4.14. The third kappa shape index (κ3) is 4.86. The van der Waals surface area contributed by atoms with Crippen LogP contribution in [0.5, 0.6) is 23.0 Å². The van der Waals surface area contributed by atoms with E-state index in [1.807, 2.05) is 65.6 Å². The number of imidazole rings is 1. The molecule has 3 aromatic carbocycles. The molecule has 6 rings (SSSR count). The number of aromatic nitrogens is 2. The highest BCUT2D eigenvalue weighted by atomic mass is 16.6. The molecule has 8 heteroatoms. The SMILES string of the molecule is COc1ccc(OCCCCn2c(C3CC(=O)N(c4ccc5c(c4)OCCO5)C3)nc3ccccc32)cc1. The predicted octanol–water partition coefficient (Wildman–Crippen LogP) is 5.20. The fourth-order valence-corrected chi connectivity index (χ4v) is 5.20. The van der Waals surface area contributed by atoms with E-state index < -0.39 is 0 Å². The molecule has 1 amide bonds. The molecule has 8 nitrogen and oxygen atoms in total. The van der Waals surface area contributed by atoms with Gasteiger partial charge in [0.1, 0.15) is 30.5 Å². The van der Waals surface area contributed by atoms with Gasteiger partial charge in [-0.25, -0.2) is 4.98 Å². The summed E-state index contributed by atoms with van der Waals surface area (Å²) in [7, 11) is 1.65. The Bertz CT molecular complexity index is 1430. The highest BCUT2D eigenvalue weighted by Crippen LogP contribution is 2.38. The summed E-state index contributed by atoms with van der Waals surface area (Å²) >= 11 is 0. The minimum Gasteiger partial charge on any atom is -0.497 e. The Morgan fingerprint density at radius 1 is 0.947 bits per heavy atom. The van der Waals surface area contributed by atoms with Crippen LogP contribution < -0.4 is 23.8 Å². The number of carbonyl (C=O) groups is 1. The number of fused-ring (bicyclic) bond motifs is 2. The van der Waals surface area contributed by atoms with Gasteiger partial charge in [0.2, 0.25) is 5.91 Å². The van der Waals surface area contributed by atoms with Crippen LogP contribution >= 0.6 is 0 Å². The maximum atomic E-state index is 13.1. The minimum absolute atomic E-state index is 0.0126. The van der Waals surface area contributed by atoms with E-state index in [9.17, 15) is 4.79 Å². The number of rotatable bonds is 9. The van der Waals surface area contributed by atoms with Crippen LogP contribution in [0, 0.1) is 0 Å². The van der Waals surface area contributed by atoms with Crippen LogP contribution in [0.2, 0.25) is 0 Å². The highest BCUT2D eigenvalue weighted by molar-refractivity contribution is 5.97. The maximum absolute atomic E-state index is 13.1. The highest BCUT2D eigenvalue weighted by Gasteiger charge is 2.35. The first-order chi connectivity index (χ1) is 18.7. The molecule has 2 aliphatic heterocycles. The molecular weight excluding hydrogens is 482 g/mol. The predicted molar refractivity (Wildman–Crippen MR) is 145 cm³/mol. The molecule has 3 heterocycles. The van der Waals surface area contributed by atoms with Gasteiger partial charge in [-0.2, -0.15) is 0 Å². The normalized spacial score (nSPS) is 16.7. The number of hydrogen-bond donors (Lipinski definition) is 0. The van der Waals surface area contributed by atoms with E-state index >= 15 is 0 Å². The number of para-hydroxylation sites is 2. The number of carbonyl (C=O) groups excluding carboxylic acids is 1. The summed E-state index contributed by atoms with van der Waals surface area (Å²) in [4.78, 5) is 19.9. The number of nitrogens with zero attached hydrogens (tertiary/aromatic N) is 3. The number of hydrogen-bond acceptors (Lipinski definition) is 6. The lowest BCUT2D eigenvalue weighted by atomic mass is 10.1. The molecule has 0 spiro atoms. The van der Waals surface area contributed by atoms with Crippen LogP contribution in [0.4, 0.5) is 5.69 Å². The Labute approximate surface area is 221 Å². The average molecular weight is 514 g/mol. The summed E-state index contributed by atoms with van der Waals surface area (Å²) in [6.45, 7) is 3.09. The van der Waals surface area contributed by atoms with E-state index in [1.54, 1.807) is 7.11 Å². The lowest BCUT2D eigenvalue weighted by Crippen LogP contribution is -2.25. The summed E-state index contributed by atoms with van der Waals surface area (Å²) in [5, 5.41) is 0. The van der Waals surface area contributed by atoms with Gasteiger partial charge in [0.05, 0.1) is 24.8 Å². The molecule has 1 fully saturated rings. The quantitative estimate of drug-likeness (QED) is 0.287. The number of anilines is 1. The fraction of sp³-hybridized carbons (Fsp3) is 0.333. The number of ether oxygens (including phenoxy) is 4. The van der Waals surface area contributed by atoms with Gasteiger partial charge in [0, 0.05) is 37.2 Å². The van der Waals surface area contributed by atoms with Crippen molar-refractivity contribution in [2.75, 3.05) is 38.4 Å². The second kappa shape index (κ2) is 10.7. The second-order valence-electron chi connectivity index (χ2n) is 9.57. The standard InChI is InChI=1S/C30H31N3O5/c1-35-23-9-11-24(12-10-23)36-15-5-4-14-32-26-7-3-2-6-25(26)31-30(32)21-18-29(34)33(20-21)22-8-13-27-28(19-22)38-17-16-37-27/h2-3,6-13,19,21H,4-5,14-18,20H2,1H3. The van der Waals surface area contributed by atoms with Crippen molar-refractivity contribution in [1.29, 1.82) is 0 Å². The number of amides is 1. The number of benzene rings is 3. The smallest absolute Gasteiger partial charge is 0.227 e. The topological polar surface area (TPSA) is 75.1 Å². The monoisotopic (exact) mass is 513 g/mol. The summed E-state index contributed by atoms with van der Waals surface area (Å²) in [6, 6.07) is 21.6. The third-order valence-corrected chi connectivity index (χ3v) is 7.12. The molecule has 2 aliphatic rings. The Balaban J connectivity index is 1.14. The van der Waals surface area contributed by atoms with E-state index in [2.05, 4.69) is 10.6 Å². The Hall–Kier alpha value is -4.20. The van der Waals surface area contributed by atoms with Gasteiger partial charge < -0.3 is 28.4 Å². The zero-order valence-corrected chi connectivity index (χ0v) is 21.5. The van der Waals surface area contributed by atoms with E-state index in [0.717, 1.165) is 59.2 Å². The van der Waals surface area contributed by atoms with Crippen LogP contribution in [0.1, 0.15) is 31.0 Å². The molecule has 0 saturated carbocycles. The molecule has 0 radical (unpaired) electrons. The van der Waals surface area contributed by atoms with Gasteiger partial charge in [-0.15, -0.1) is 0 Å². The lowest BCUT2D eigenvalue weighted by molar-refractivity contribution is -0.117. The van der Waals surface area contributed by atoms with Crippen molar-refractivity contribution in [3.8, 4) is 23.0 Å². The molecule has 0 aliphatic carbocycles. The molecule has 4 aromatic rings. The zero-order chi connectivity index (χ0) is 25.9. The molecule has 1 saturated heterocycles. The van der Waals surface area contributed by atoms with Crippen molar-refractivity contribution in [3.05, 3.63) is 72.6 Å². The molecule has 0 N–H and O–H groups in total. The first-order valence-corrected chi connectivity index (χ1v) is 13.1. The van der Waals surface area contributed by atoms with Gasteiger partial charge >= 0.3 is 0 Å². The lowest BCUT2D eigenvalue weighted by Gasteiger charge is -2.22. The number of unbranched alkanes of at least 4 members (excludes halogenated alkanes) is 1. The Kier molecular flexibility index (Phi) is 6.77. The van der Waals surface area contributed by atoms with Crippen LogP contribution in [0.25, 0.3) is 11.0 Å². The van der Waals surface area contributed by atoms with E-state index in [4.69, 9.17) is 23.9 Å². The summed E-state index contributed by atoms with van der Waals surface area (Å²) in [5.41, 5.74) is 2.89. The molecule has 196 valence electrons. The summed E-state index contributed by atoms with van der Waals surface area (Å²) in [6.07, 6.45) is 2.28.